The number of nitriles is 1. The Morgan fingerprint density at radius 2 is 2.15 bits per heavy atom. The van der Waals surface area contributed by atoms with E-state index in [1.807, 2.05) is 0 Å². The molecule has 0 aliphatic rings. The molecule has 0 radical (unpaired) electrons. The van der Waals surface area contributed by atoms with Crippen LogP contribution in [-0.4, -0.2) is 19.7 Å². The van der Waals surface area contributed by atoms with Crippen LogP contribution in [0.5, 0.6) is 0 Å². The first-order valence-corrected chi connectivity index (χ1v) is 8.09. The van der Waals surface area contributed by atoms with Crippen molar-refractivity contribution in [2.75, 3.05) is 0 Å². The molecule has 0 heterocycles. The average Bonchev–Trinajstić information content (AvgIpc) is 2.37. The van der Waals surface area contributed by atoms with Crippen LogP contribution in [0.25, 0.3) is 0 Å². The van der Waals surface area contributed by atoms with E-state index in [1.54, 1.807) is 32.0 Å². The van der Waals surface area contributed by atoms with Crippen molar-refractivity contribution in [2.45, 2.75) is 44.4 Å². The van der Waals surface area contributed by atoms with Gasteiger partial charge in [-0.1, -0.05) is 19.1 Å². The second-order valence-electron chi connectivity index (χ2n) is 4.76. The lowest BCUT2D eigenvalue weighted by Gasteiger charge is -2.16. The summed E-state index contributed by atoms with van der Waals surface area (Å²) >= 11 is 0. The van der Waals surface area contributed by atoms with Crippen LogP contribution in [0.2, 0.25) is 0 Å². The number of hydrogen-bond donors (Lipinski definition) is 1. The van der Waals surface area contributed by atoms with E-state index in [2.05, 4.69) is 4.72 Å². The predicted molar refractivity (Wildman–Crippen MR) is 75.9 cm³/mol. The van der Waals surface area contributed by atoms with Crippen molar-refractivity contribution in [3.8, 4) is 6.07 Å². The molecular weight excluding hydrogens is 279 g/mol. The molecule has 110 valence electrons. The molecule has 0 saturated carbocycles. The van der Waals surface area contributed by atoms with Gasteiger partial charge in [0, 0.05) is 6.04 Å². The fraction of sp³-hybridized carbons (Fsp3) is 0.500. The third kappa shape index (κ3) is 4.91. The van der Waals surface area contributed by atoms with Gasteiger partial charge in [0.25, 0.3) is 0 Å². The van der Waals surface area contributed by atoms with Gasteiger partial charge in [-0.25, -0.2) is 17.5 Å². The molecule has 0 unspecified atom stereocenters. The second kappa shape index (κ2) is 7.36. The van der Waals surface area contributed by atoms with E-state index < -0.39 is 15.3 Å². The van der Waals surface area contributed by atoms with E-state index in [1.165, 1.54) is 12.1 Å². The van der Waals surface area contributed by atoms with Gasteiger partial charge in [0.2, 0.25) is 10.0 Å². The van der Waals surface area contributed by atoms with Gasteiger partial charge in [0.05, 0.1) is 6.07 Å². The third-order valence-corrected chi connectivity index (χ3v) is 4.93. The molecule has 20 heavy (non-hydrogen) atoms. The first kappa shape index (κ1) is 16.6. The van der Waals surface area contributed by atoms with Crippen LogP contribution in [-0.2, 0) is 16.4 Å². The number of hydrogen-bond acceptors (Lipinski definition) is 3. The monoisotopic (exact) mass is 298 g/mol. The Bertz CT molecular complexity index is 581. The minimum atomic E-state index is -3.62. The maximum absolute atomic E-state index is 13.0. The summed E-state index contributed by atoms with van der Waals surface area (Å²) in [5.41, 5.74) is 0.823. The Labute approximate surface area is 119 Å². The van der Waals surface area contributed by atoms with Gasteiger partial charge >= 0.3 is 0 Å². The summed E-state index contributed by atoms with van der Waals surface area (Å²) in [6, 6.07) is 7.71. The summed E-state index contributed by atoms with van der Waals surface area (Å²) in [7, 11) is -3.62. The van der Waals surface area contributed by atoms with Crippen LogP contribution in [0.15, 0.2) is 24.3 Å². The van der Waals surface area contributed by atoms with E-state index in [4.69, 9.17) is 5.26 Å². The van der Waals surface area contributed by atoms with Gasteiger partial charge < -0.3 is 0 Å². The first-order chi connectivity index (χ1) is 9.39. The van der Waals surface area contributed by atoms with Gasteiger partial charge in [-0.2, -0.15) is 5.26 Å². The van der Waals surface area contributed by atoms with Crippen molar-refractivity contribution in [2.24, 2.45) is 0 Å². The number of rotatable bonds is 7. The zero-order valence-electron chi connectivity index (χ0n) is 11.6. The lowest BCUT2D eigenvalue weighted by atomic mass is 10.1. The fourth-order valence-electron chi connectivity index (χ4n) is 1.88. The minimum absolute atomic E-state index is 0.252. The zero-order valence-corrected chi connectivity index (χ0v) is 12.5. The number of nitrogens with zero attached hydrogens (tertiary/aromatic N) is 1. The highest BCUT2D eigenvalue weighted by molar-refractivity contribution is 7.90. The van der Waals surface area contributed by atoms with Crippen molar-refractivity contribution >= 4 is 10.0 Å². The van der Waals surface area contributed by atoms with Crippen LogP contribution >= 0.6 is 0 Å². The SMILES string of the molecule is CC[C@H](C#N)S(=O)(=O)N[C@H](C)CCc1cccc(F)c1. The molecule has 1 aromatic rings. The normalized spacial score (nSPS) is 14.5. The molecule has 4 nitrogen and oxygen atoms in total. The van der Waals surface area contributed by atoms with Crippen LogP contribution in [0, 0.1) is 17.1 Å². The van der Waals surface area contributed by atoms with Gasteiger partial charge in [-0.05, 0) is 43.9 Å². The van der Waals surface area contributed by atoms with Crippen molar-refractivity contribution in [3.05, 3.63) is 35.6 Å². The summed E-state index contributed by atoms with van der Waals surface area (Å²) in [5, 5.41) is 7.77. The highest BCUT2D eigenvalue weighted by Gasteiger charge is 2.24. The second-order valence-corrected chi connectivity index (χ2v) is 6.65. The molecule has 1 aromatic carbocycles. The quantitative estimate of drug-likeness (QED) is 0.840. The number of aryl methyl sites for hydroxylation is 1. The van der Waals surface area contributed by atoms with E-state index in [0.717, 1.165) is 5.56 Å². The van der Waals surface area contributed by atoms with Gasteiger partial charge in [0.15, 0.2) is 5.25 Å². The summed E-state index contributed by atoms with van der Waals surface area (Å²) in [6.45, 7) is 3.39. The average molecular weight is 298 g/mol. The van der Waals surface area contributed by atoms with Crippen LogP contribution in [0.1, 0.15) is 32.3 Å². The maximum Gasteiger partial charge on any atom is 0.228 e. The zero-order chi connectivity index (χ0) is 15.2. The Morgan fingerprint density at radius 3 is 2.70 bits per heavy atom. The lowest BCUT2D eigenvalue weighted by Crippen LogP contribution is -2.39. The van der Waals surface area contributed by atoms with E-state index >= 15 is 0 Å². The van der Waals surface area contributed by atoms with Crippen molar-refractivity contribution in [1.82, 2.24) is 4.72 Å². The molecule has 0 bridgehead atoms. The van der Waals surface area contributed by atoms with E-state index in [-0.39, 0.29) is 18.3 Å². The lowest BCUT2D eigenvalue weighted by molar-refractivity contribution is 0.539. The largest absolute Gasteiger partial charge is 0.228 e. The molecule has 0 spiro atoms. The molecule has 0 aliphatic heterocycles. The number of benzene rings is 1. The van der Waals surface area contributed by atoms with Crippen molar-refractivity contribution < 1.29 is 12.8 Å². The summed E-state index contributed by atoms with van der Waals surface area (Å²) in [6.07, 6.45) is 1.37. The van der Waals surface area contributed by atoms with E-state index in [0.29, 0.717) is 12.8 Å². The topological polar surface area (TPSA) is 70.0 Å². The fourth-order valence-corrected chi connectivity index (χ4v) is 3.30. The Morgan fingerprint density at radius 1 is 1.45 bits per heavy atom. The molecule has 2 atom stereocenters. The summed E-state index contributed by atoms with van der Waals surface area (Å²) in [4.78, 5) is 0. The Kier molecular flexibility index (Phi) is 6.11. The standard InChI is InChI=1S/C14H19FN2O2S/c1-3-14(10-16)20(18,19)17-11(2)7-8-12-5-4-6-13(15)9-12/h4-6,9,11,14,17H,3,7-8H2,1-2H3/t11-,14-/m1/s1. The van der Waals surface area contributed by atoms with Crippen molar-refractivity contribution in [1.29, 1.82) is 5.26 Å². The Balaban J connectivity index is 2.56. The molecule has 0 amide bonds. The minimum Gasteiger partial charge on any atom is -0.211 e. The smallest absolute Gasteiger partial charge is 0.211 e. The van der Waals surface area contributed by atoms with E-state index in [9.17, 15) is 12.8 Å². The highest BCUT2D eigenvalue weighted by Crippen LogP contribution is 2.10. The number of halogens is 1. The highest BCUT2D eigenvalue weighted by atomic mass is 32.2. The molecule has 1 rings (SSSR count). The molecule has 0 fully saturated rings. The third-order valence-electron chi connectivity index (χ3n) is 3.01. The molecule has 0 saturated heterocycles. The van der Waals surface area contributed by atoms with Gasteiger partial charge in [0.1, 0.15) is 5.82 Å². The molecule has 1 N–H and O–H groups in total. The molecule has 0 aromatic heterocycles. The number of nitrogens with one attached hydrogen (secondary N) is 1. The maximum atomic E-state index is 13.0. The van der Waals surface area contributed by atoms with Crippen LogP contribution < -0.4 is 4.72 Å². The molecule has 0 aliphatic carbocycles. The van der Waals surface area contributed by atoms with Crippen LogP contribution in [0.3, 0.4) is 0 Å². The molecular formula is C14H19FN2O2S. The van der Waals surface area contributed by atoms with Crippen molar-refractivity contribution in [3.63, 3.8) is 0 Å². The van der Waals surface area contributed by atoms with Crippen LogP contribution in [0.4, 0.5) is 4.39 Å². The Hall–Kier alpha value is -1.45. The van der Waals surface area contributed by atoms with Gasteiger partial charge in [-0.3, -0.25) is 0 Å². The summed E-state index contributed by atoms with van der Waals surface area (Å²) in [5.74, 6) is -0.300. The summed E-state index contributed by atoms with van der Waals surface area (Å²) < 4.78 is 39.3. The predicted octanol–water partition coefficient (Wildman–Crippen LogP) is 2.37. The molecule has 6 heteroatoms. The number of sulfonamides is 1. The van der Waals surface area contributed by atoms with Gasteiger partial charge in [-0.15, -0.1) is 0 Å². The first-order valence-electron chi connectivity index (χ1n) is 6.54.